The number of aliphatic carboxylic acids is 1. The smallest absolute Gasteiger partial charge is 0.331 e. The molecule has 0 aliphatic carbocycles. The van der Waals surface area contributed by atoms with Crippen molar-refractivity contribution in [2.24, 2.45) is 5.92 Å². The Bertz CT molecular complexity index is 512. The molecule has 0 saturated heterocycles. The van der Waals surface area contributed by atoms with Crippen LogP contribution < -0.4 is 0 Å². The van der Waals surface area contributed by atoms with Gasteiger partial charge in [-0.25, -0.2) is 9.59 Å². The normalized spacial score (nSPS) is 18.0. The molecule has 1 aromatic heterocycles. The summed E-state index contributed by atoms with van der Waals surface area (Å²) >= 11 is 1.56. The molecule has 1 N–H and O–H groups in total. The third-order valence-electron chi connectivity index (χ3n) is 3.41. The van der Waals surface area contributed by atoms with Crippen LogP contribution in [0.5, 0.6) is 0 Å². The molecule has 2 amide bonds. The van der Waals surface area contributed by atoms with Crippen LogP contribution in [0.1, 0.15) is 30.3 Å². The fourth-order valence-corrected chi connectivity index (χ4v) is 3.54. The van der Waals surface area contributed by atoms with Crippen molar-refractivity contribution in [1.29, 1.82) is 0 Å². The Labute approximate surface area is 122 Å². The maximum Gasteiger partial charge on any atom is 0.331 e. The zero-order chi connectivity index (χ0) is 14.9. The van der Waals surface area contributed by atoms with Crippen LogP contribution in [0.2, 0.25) is 0 Å². The number of urea groups is 1. The Morgan fingerprint density at radius 1 is 1.55 bits per heavy atom. The second-order valence-corrected chi connectivity index (χ2v) is 6.54. The molecule has 0 aromatic carbocycles. The molecule has 1 unspecified atom stereocenters. The molecule has 0 radical (unpaired) electrons. The van der Waals surface area contributed by atoms with Crippen molar-refractivity contribution >= 4 is 23.3 Å². The summed E-state index contributed by atoms with van der Waals surface area (Å²) in [7, 11) is 1.73. The number of carbonyl (C=O) groups excluding carboxylic acids is 1. The Morgan fingerprint density at radius 3 is 2.85 bits per heavy atom. The van der Waals surface area contributed by atoms with Gasteiger partial charge in [-0.1, -0.05) is 13.8 Å². The summed E-state index contributed by atoms with van der Waals surface area (Å²) in [6.45, 7) is 5.15. The summed E-state index contributed by atoms with van der Waals surface area (Å²) in [5, 5.41) is 11.4. The van der Waals surface area contributed by atoms with E-state index in [1.807, 2.05) is 25.3 Å². The highest BCUT2D eigenvalue weighted by molar-refractivity contribution is 7.10. The first-order valence-corrected chi connectivity index (χ1v) is 7.60. The van der Waals surface area contributed by atoms with Gasteiger partial charge in [-0.05, 0) is 29.3 Å². The summed E-state index contributed by atoms with van der Waals surface area (Å²) in [6, 6.07) is 0.760. The molecule has 2 rings (SSSR count). The molecule has 2 heterocycles. The van der Waals surface area contributed by atoms with Gasteiger partial charge in [-0.15, -0.1) is 11.3 Å². The SMILES string of the molecule is CC(C)CN(C)C(=O)N1CCc2sccc2C1C(=O)O. The zero-order valence-electron chi connectivity index (χ0n) is 12.0. The van der Waals surface area contributed by atoms with E-state index in [2.05, 4.69) is 0 Å². The summed E-state index contributed by atoms with van der Waals surface area (Å²) in [5.74, 6) is -0.607. The van der Waals surface area contributed by atoms with E-state index in [1.54, 1.807) is 23.3 Å². The molecule has 20 heavy (non-hydrogen) atoms. The predicted molar refractivity (Wildman–Crippen MR) is 78.0 cm³/mol. The van der Waals surface area contributed by atoms with Crippen molar-refractivity contribution in [2.45, 2.75) is 26.3 Å². The third-order valence-corrected chi connectivity index (χ3v) is 4.41. The van der Waals surface area contributed by atoms with Gasteiger partial charge in [-0.2, -0.15) is 0 Å². The number of thiophene rings is 1. The van der Waals surface area contributed by atoms with Gasteiger partial charge in [0.2, 0.25) is 0 Å². The monoisotopic (exact) mass is 296 g/mol. The molecule has 110 valence electrons. The van der Waals surface area contributed by atoms with E-state index >= 15 is 0 Å². The van der Waals surface area contributed by atoms with E-state index < -0.39 is 12.0 Å². The Kier molecular flexibility index (Phi) is 4.32. The zero-order valence-corrected chi connectivity index (χ0v) is 12.8. The fourth-order valence-electron chi connectivity index (χ4n) is 2.63. The van der Waals surface area contributed by atoms with Crippen molar-refractivity contribution in [3.63, 3.8) is 0 Å². The third kappa shape index (κ3) is 2.80. The highest BCUT2D eigenvalue weighted by Crippen LogP contribution is 2.34. The average molecular weight is 296 g/mol. The number of amides is 2. The number of hydrogen-bond donors (Lipinski definition) is 1. The van der Waals surface area contributed by atoms with Gasteiger partial charge in [0.25, 0.3) is 0 Å². The van der Waals surface area contributed by atoms with Crippen molar-refractivity contribution in [2.75, 3.05) is 20.1 Å². The maximum atomic E-state index is 12.5. The molecule has 5 nitrogen and oxygen atoms in total. The first-order valence-electron chi connectivity index (χ1n) is 6.72. The van der Waals surface area contributed by atoms with E-state index in [0.29, 0.717) is 19.0 Å². The molecular weight excluding hydrogens is 276 g/mol. The Balaban J connectivity index is 2.23. The highest BCUT2D eigenvalue weighted by atomic mass is 32.1. The predicted octanol–water partition coefficient (Wildman–Crippen LogP) is 2.44. The minimum atomic E-state index is -0.962. The van der Waals surface area contributed by atoms with E-state index in [9.17, 15) is 14.7 Å². The quantitative estimate of drug-likeness (QED) is 0.932. The molecule has 6 heteroatoms. The minimum absolute atomic E-state index is 0.206. The Morgan fingerprint density at radius 2 is 2.25 bits per heavy atom. The lowest BCUT2D eigenvalue weighted by molar-refractivity contribution is -0.143. The summed E-state index contributed by atoms with van der Waals surface area (Å²) in [4.78, 5) is 28.2. The largest absolute Gasteiger partial charge is 0.479 e. The van der Waals surface area contributed by atoms with Crippen LogP contribution in [0.15, 0.2) is 11.4 Å². The van der Waals surface area contributed by atoms with Crippen LogP contribution in [-0.4, -0.2) is 47.0 Å². The lowest BCUT2D eigenvalue weighted by atomic mass is 10.0. The van der Waals surface area contributed by atoms with Crippen LogP contribution in [-0.2, 0) is 11.2 Å². The van der Waals surface area contributed by atoms with Gasteiger partial charge >= 0.3 is 12.0 Å². The van der Waals surface area contributed by atoms with E-state index in [0.717, 1.165) is 16.9 Å². The lowest BCUT2D eigenvalue weighted by Crippen LogP contribution is -2.49. The summed E-state index contributed by atoms with van der Waals surface area (Å²) < 4.78 is 0. The van der Waals surface area contributed by atoms with Crippen LogP contribution >= 0.6 is 11.3 Å². The summed E-state index contributed by atoms with van der Waals surface area (Å²) in [5.41, 5.74) is 0.764. The van der Waals surface area contributed by atoms with Gasteiger partial charge < -0.3 is 14.9 Å². The second-order valence-electron chi connectivity index (χ2n) is 5.54. The molecular formula is C14H20N2O3S. The lowest BCUT2D eigenvalue weighted by Gasteiger charge is -2.36. The molecule has 1 aliphatic heterocycles. The van der Waals surface area contributed by atoms with Gasteiger partial charge in [-0.3, -0.25) is 0 Å². The number of carboxylic acid groups (broad SMARTS) is 1. The molecule has 0 spiro atoms. The number of carboxylic acids is 1. The van der Waals surface area contributed by atoms with E-state index in [1.165, 1.54) is 4.90 Å². The standard InChI is InChI=1S/C14H20N2O3S/c1-9(2)8-15(3)14(19)16-6-4-11-10(5-7-20-11)12(16)13(17)18/h5,7,9,12H,4,6,8H2,1-3H3,(H,17,18). The summed E-state index contributed by atoms with van der Waals surface area (Å²) in [6.07, 6.45) is 0.734. The first kappa shape index (κ1) is 14.8. The minimum Gasteiger partial charge on any atom is -0.479 e. The number of rotatable bonds is 3. The maximum absolute atomic E-state index is 12.5. The van der Waals surface area contributed by atoms with Crippen LogP contribution in [0.3, 0.4) is 0 Å². The number of hydrogen-bond acceptors (Lipinski definition) is 3. The first-order chi connectivity index (χ1) is 9.41. The molecule has 1 atom stereocenters. The van der Waals surface area contributed by atoms with Crippen molar-refractivity contribution in [3.8, 4) is 0 Å². The van der Waals surface area contributed by atoms with Gasteiger partial charge in [0.1, 0.15) is 0 Å². The number of fused-ring (bicyclic) bond motifs is 1. The Hall–Kier alpha value is -1.56. The molecule has 0 bridgehead atoms. The van der Waals surface area contributed by atoms with Crippen molar-refractivity contribution in [1.82, 2.24) is 9.80 Å². The molecule has 0 fully saturated rings. The van der Waals surface area contributed by atoms with E-state index in [4.69, 9.17) is 0 Å². The number of carbonyl (C=O) groups is 2. The van der Waals surface area contributed by atoms with Gasteiger partial charge in [0.05, 0.1) is 0 Å². The highest BCUT2D eigenvalue weighted by Gasteiger charge is 2.37. The van der Waals surface area contributed by atoms with Crippen molar-refractivity contribution < 1.29 is 14.7 Å². The van der Waals surface area contributed by atoms with Crippen LogP contribution in [0.4, 0.5) is 4.79 Å². The molecule has 1 aliphatic rings. The van der Waals surface area contributed by atoms with Crippen LogP contribution in [0, 0.1) is 5.92 Å². The van der Waals surface area contributed by atoms with E-state index in [-0.39, 0.29) is 6.03 Å². The average Bonchev–Trinajstić information content (AvgIpc) is 2.83. The molecule has 1 aromatic rings. The van der Waals surface area contributed by atoms with Gasteiger partial charge in [0.15, 0.2) is 6.04 Å². The topological polar surface area (TPSA) is 60.9 Å². The van der Waals surface area contributed by atoms with Crippen LogP contribution in [0.25, 0.3) is 0 Å². The molecule has 0 saturated carbocycles. The fraction of sp³-hybridized carbons (Fsp3) is 0.571. The number of nitrogens with zero attached hydrogens (tertiary/aromatic N) is 2. The van der Waals surface area contributed by atoms with Gasteiger partial charge in [0, 0.05) is 25.0 Å². The van der Waals surface area contributed by atoms with Crippen molar-refractivity contribution in [3.05, 3.63) is 21.9 Å². The second kappa shape index (κ2) is 5.83.